The Labute approximate surface area is 226 Å². The predicted molar refractivity (Wildman–Crippen MR) is 168 cm³/mol. The van der Waals surface area contributed by atoms with E-state index in [0.29, 0.717) is 0 Å². The highest BCUT2D eigenvalue weighted by Crippen LogP contribution is 2.39. The highest BCUT2D eigenvalue weighted by molar-refractivity contribution is 7.25. The molecule has 8 aromatic rings. The van der Waals surface area contributed by atoms with Crippen LogP contribution in [0.15, 0.2) is 121 Å². The van der Waals surface area contributed by atoms with Gasteiger partial charge in [0.05, 0.1) is 5.52 Å². The molecule has 0 atom stereocenters. The third-order valence-corrected chi connectivity index (χ3v) is 8.54. The maximum absolute atomic E-state index is 3.74. The van der Waals surface area contributed by atoms with Gasteiger partial charge in [-0.05, 0) is 63.9 Å². The highest BCUT2D eigenvalue weighted by Gasteiger charge is 2.12. The first-order valence-electron chi connectivity index (χ1n) is 13.3. The summed E-state index contributed by atoms with van der Waals surface area (Å²) in [6, 6.07) is 44.3. The van der Waals surface area contributed by atoms with E-state index >= 15 is 0 Å². The molecule has 0 spiro atoms. The van der Waals surface area contributed by atoms with Crippen LogP contribution in [-0.2, 0) is 0 Å². The largest absolute Gasteiger partial charge is 0.354 e. The molecule has 0 aliphatic rings. The van der Waals surface area contributed by atoms with Crippen molar-refractivity contribution >= 4 is 64.1 Å². The van der Waals surface area contributed by atoms with Crippen LogP contribution in [0, 0.1) is 0 Å². The van der Waals surface area contributed by atoms with Crippen molar-refractivity contribution in [1.29, 1.82) is 0 Å². The lowest BCUT2D eigenvalue weighted by atomic mass is 9.96. The quantitative estimate of drug-likeness (QED) is 0.240. The summed E-state index contributed by atoms with van der Waals surface area (Å²) in [5.74, 6) is 0. The van der Waals surface area contributed by atoms with E-state index in [1.54, 1.807) is 0 Å². The Bertz CT molecular complexity index is 2110. The molecule has 2 heteroatoms. The molecule has 0 radical (unpaired) electrons. The molecule has 0 saturated heterocycles. The van der Waals surface area contributed by atoms with Crippen LogP contribution >= 0.6 is 11.3 Å². The lowest BCUT2D eigenvalue weighted by Crippen LogP contribution is -1.83. The minimum atomic E-state index is 1.18. The summed E-state index contributed by atoms with van der Waals surface area (Å²) in [6.07, 6.45) is 0. The number of nitrogens with one attached hydrogen (secondary N) is 1. The van der Waals surface area contributed by atoms with E-state index in [1.807, 2.05) is 25.2 Å². The molecule has 1 N–H and O–H groups in total. The van der Waals surface area contributed by atoms with Gasteiger partial charge >= 0.3 is 0 Å². The van der Waals surface area contributed by atoms with Gasteiger partial charge in [0, 0.05) is 42.0 Å². The van der Waals surface area contributed by atoms with Crippen molar-refractivity contribution in [2.24, 2.45) is 0 Å². The first kappa shape index (κ1) is 22.8. The SMILES string of the molecule is CC.c1cc(-c2ccc3sc4ccccc4c3c2)cc(-c2cccc3c2[nH]c2cc4ccccc4cc23)c1. The van der Waals surface area contributed by atoms with Crippen molar-refractivity contribution in [1.82, 2.24) is 4.98 Å². The van der Waals surface area contributed by atoms with Crippen molar-refractivity contribution in [2.45, 2.75) is 13.8 Å². The molecule has 0 bridgehead atoms. The third kappa shape index (κ3) is 3.60. The van der Waals surface area contributed by atoms with E-state index in [0.717, 1.165) is 0 Å². The maximum atomic E-state index is 3.74. The topological polar surface area (TPSA) is 15.8 Å². The predicted octanol–water partition coefficient (Wildman–Crippen LogP) is 11.2. The number of para-hydroxylation sites is 1. The van der Waals surface area contributed by atoms with Gasteiger partial charge in [-0.1, -0.05) is 98.8 Å². The molecule has 0 aliphatic carbocycles. The van der Waals surface area contributed by atoms with Crippen LogP contribution in [0.1, 0.15) is 13.8 Å². The zero-order valence-electron chi connectivity index (χ0n) is 21.5. The second-order valence-electron chi connectivity index (χ2n) is 9.49. The zero-order valence-corrected chi connectivity index (χ0v) is 22.3. The molecule has 0 aliphatic heterocycles. The van der Waals surface area contributed by atoms with E-state index in [9.17, 15) is 0 Å². The standard InChI is InChI=1S/C34H21NS.C2H6/c1-2-8-23-20-31-29(18-22(23)7-1)28-13-6-12-26(34(28)35-31)25-10-5-9-21(17-25)24-15-16-33-30(19-24)27-11-3-4-14-32(27)36-33;1-2/h1-20,35H;1-2H3. The van der Waals surface area contributed by atoms with Gasteiger partial charge in [0.15, 0.2) is 0 Å². The number of thiophene rings is 1. The van der Waals surface area contributed by atoms with Crippen LogP contribution < -0.4 is 0 Å². The monoisotopic (exact) mass is 505 g/mol. The Kier molecular flexibility index (Phi) is 5.49. The average molecular weight is 506 g/mol. The van der Waals surface area contributed by atoms with Gasteiger partial charge in [0.25, 0.3) is 0 Å². The first-order valence-corrected chi connectivity index (χ1v) is 14.1. The van der Waals surface area contributed by atoms with E-state index in [4.69, 9.17) is 0 Å². The summed E-state index contributed by atoms with van der Waals surface area (Å²) in [6.45, 7) is 4.00. The Balaban J connectivity index is 0.00000118. The van der Waals surface area contributed by atoms with Crippen molar-refractivity contribution in [3.63, 3.8) is 0 Å². The van der Waals surface area contributed by atoms with Gasteiger partial charge in [-0.2, -0.15) is 0 Å². The summed E-state index contributed by atoms with van der Waals surface area (Å²) in [5.41, 5.74) is 7.33. The number of H-pyrrole nitrogens is 1. The molecule has 0 saturated carbocycles. The molecule has 1 nitrogen and oxygen atoms in total. The fourth-order valence-corrected chi connectivity index (χ4v) is 6.71. The number of benzene rings is 6. The van der Waals surface area contributed by atoms with Crippen LogP contribution in [0.4, 0.5) is 0 Å². The molecule has 2 aromatic heterocycles. The van der Waals surface area contributed by atoms with Crippen molar-refractivity contribution in [3.05, 3.63) is 121 Å². The van der Waals surface area contributed by atoms with Gasteiger partial charge in [0.1, 0.15) is 0 Å². The third-order valence-electron chi connectivity index (χ3n) is 7.38. The van der Waals surface area contributed by atoms with E-state index in [-0.39, 0.29) is 0 Å². The summed E-state index contributed by atoms with van der Waals surface area (Å²) < 4.78 is 2.68. The lowest BCUT2D eigenvalue weighted by molar-refractivity contribution is 1.50. The van der Waals surface area contributed by atoms with Gasteiger partial charge < -0.3 is 4.98 Å². The summed E-state index contributed by atoms with van der Waals surface area (Å²) in [5, 5.41) is 7.75. The Morgan fingerprint density at radius 2 is 1.16 bits per heavy atom. The Hall–Kier alpha value is -4.40. The minimum Gasteiger partial charge on any atom is -0.354 e. The van der Waals surface area contributed by atoms with Crippen LogP contribution in [0.25, 0.3) is 75.0 Å². The van der Waals surface area contributed by atoms with E-state index < -0.39 is 0 Å². The molecule has 182 valence electrons. The fourth-order valence-electron chi connectivity index (χ4n) is 5.63. The number of fused-ring (bicyclic) bond motifs is 7. The normalized spacial score (nSPS) is 11.4. The second kappa shape index (κ2) is 9.16. The van der Waals surface area contributed by atoms with Gasteiger partial charge in [-0.15, -0.1) is 11.3 Å². The summed E-state index contributed by atoms with van der Waals surface area (Å²) >= 11 is 1.87. The van der Waals surface area contributed by atoms with Gasteiger partial charge in [-0.25, -0.2) is 0 Å². The molecule has 0 fully saturated rings. The molecule has 6 aromatic carbocycles. The van der Waals surface area contributed by atoms with Crippen LogP contribution in [0.5, 0.6) is 0 Å². The first-order chi connectivity index (χ1) is 18.8. The molecule has 2 heterocycles. The van der Waals surface area contributed by atoms with E-state index in [2.05, 4.69) is 126 Å². The number of hydrogen-bond donors (Lipinski definition) is 1. The molecular formula is C36H27NS. The number of aromatic amines is 1. The Morgan fingerprint density at radius 3 is 2.05 bits per heavy atom. The highest BCUT2D eigenvalue weighted by atomic mass is 32.1. The number of aromatic nitrogens is 1. The van der Waals surface area contributed by atoms with E-state index in [1.165, 1.54) is 75.0 Å². The summed E-state index contributed by atoms with van der Waals surface area (Å²) in [4.78, 5) is 3.74. The van der Waals surface area contributed by atoms with Gasteiger partial charge in [-0.3, -0.25) is 0 Å². The fraction of sp³-hybridized carbons (Fsp3) is 0.0556. The number of rotatable bonds is 2. The molecule has 8 rings (SSSR count). The lowest BCUT2D eigenvalue weighted by Gasteiger charge is -2.08. The van der Waals surface area contributed by atoms with Crippen LogP contribution in [0.3, 0.4) is 0 Å². The average Bonchev–Trinajstić information content (AvgIpc) is 3.54. The smallest absolute Gasteiger partial charge is 0.0544 e. The Morgan fingerprint density at radius 1 is 0.474 bits per heavy atom. The summed E-state index contributed by atoms with van der Waals surface area (Å²) in [7, 11) is 0. The molecular weight excluding hydrogens is 478 g/mol. The van der Waals surface area contributed by atoms with Crippen molar-refractivity contribution < 1.29 is 0 Å². The van der Waals surface area contributed by atoms with Crippen LogP contribution in [-0.4, -0.2) is 4.98 Å². The van der Waals surface area contributed by atoms with Crippen molar-refractivity contribution in [3.8, 4) is 22.3 Å². The molecule has 0 amide bonds. The minimum absolute atomic E-state index is 1.18. The van der Waals surface area contributed by atoms with Gasteiger partial charge in [0.2, 0.25) is 0 Å². The molecule has 0 unspecified atom stereocenters. The van der Waals surface area contributed by atoms with Crippen LogP contribution in [0.2, 0.25) is 0 Å². The zero-order chi connectivity index (χ0) is 25.6. The number of hydrogen-bond acceptors (Lipinski definition) is 1. The van der Waals surface area contributed by atoms with Crippen molar-refractivity contribution in [2.75, 3.05) is 0 Å². The molecule has 38 heavy (non-hydrogen) atoms. The maximum Gasteiger partial charge on any atom is 0.0544 e. The second-order valence-corrected chi connectivity index (χ2v) is 10.6.